The van der Waals surface area contributed by atoms with Crippen LogP contribution in [0.1, 0.15) is 16.1 Å². The van der Waals surface area contributed by atoms with E-state index in [4.69, 9.17) is 4.74 Å². The average Bonchev–Trinajstić information content (AvgIpc) is 3.09. The Morgan fingerprint density at radius 3 is 2.95 bits per heavy atom. The van der Waals surface area contributed by atoms with Crippen LogP contribution < -0.4 is 5.32 Å². The minimum absolute atomic E-state index is 0.219. The normalized spacial score (nSPS) is 14.0. The third kappa shape index (κ3) is 3.30. The summed E-state index contributed by atoms with van der Waals surface area (Å²) < 4.78 is 5.72. The summed E-state index contributed by atoms with van der Waals surface area (Å²) in [4.78, 5) is 28.0. The topological polar surface area (TPSA) is 74.4 Å². The van der Waals surface area contributed by atoms with Crippen LogP contribution in [0.2, 0.25) is 0 Å². The first-order chi connectivity index (χ1) is 10.6. The fourth-order valence-electron chi connectivity index (χ4n) is 2.23. The predicted molar refractivity (Wildman–Crippen MR) is 84.6 cm³/mol. The van der Waals surface area contributed by atoms with Crippen molar-refractivity contribution in [3.05, 3.63) is 52.3 Å². The summed E-state index contributed by atoms with van der Waals surface area (Å²) in [6, 6.07) is 9.12. The van der Waals surface area contributed by atoms with E-state index in [1.54, 1.807) is 17.2 Å². The van der Waals surface area contributed by atoms with Gasteiger partial charge in [-0.3, -0.25) is 4.79 Å². The molecule has 22 heavy (non-hydrogen) atoms. The molecule has 114 valence electrons. The van der Waals surface area contributed by atoms with Crippen LogP contribution >= 0.6 is 15.9 Å². The van der Waals surface area contributed by atoms with Crippen LogP contribution in [0.5, 0.6) is 0 Å². The number of nitrogens with one attached hydrogen (secondary N) is 2. The molecule has 1 aromatic carbocycles. The molecule has 1 saturated heterocycles. The standard InChI is InChI=1S/C15H14BrN3O3/c16-11-7-13(17-8-11)14(20)18-12-3-1-2-10(6-12)9-19-4-5-22-15(19)21/h1-3,6-8,17H,4-5,9H2,(H,18,20). The fourth-order valence-corrected chi connectivity index (χ4v) is 2.58. The summed E-state index contributed by atoms with van der Waals surface area (Å²) in [7, 11) is 0. The Bertz CT molecular complexity index is 714. The van der Waals surface area contributed by atoms with Gasteiger partial charge in [0.2, 0.25) is 0 Å². The molecule has 2 aromatic rings. The van der Waals surface area contributed by atoms with Crippen LogP contribution in [0.4, 0.5) is 10.5 Å². The summed E-state index contributed by atoms with van der Waals surface area (Å²) in [6.45, 7) is 1.49. The van der Waals surface area contributed by atoms with E-state index in [2.05, 4.69) is 26.2 Å². The Kier molecular flexibility index (Phi) is 4.15. The zero-order chi connectivity index (χ0) is 15.5. The number of hydrogen-bond acceptors (Lipinski definition) is 3. The number of carbonyl (C=O) groups excluding carboxylic acids is 2. The maximum absolute atomic E-state index is 12.1. The molecule has 0 bridgehead atoms. The summed E-state index contributed by atoms with van der Waals surface area (Å²) in [6.07, 6.45) is 1.40. The third-order valence-electron chi connectivity index (χ3n) is 3.30. The van der Waals surface area contributed by atoms with E-state index >= 15 is 0 Å². The SMILES string of the molecule is O=C(Nc1cccc(CN2CCOC2=O)c1)c1cc(Br)c[nH]1. The molecule has 1 fully saturated rings. The highest BCUT2D eigenvalue weighted by molar-refractivity contribution is 9.10. The lowest BCUT2D eigenvalue weighted by molar-refractivity contribution is 0.102. The van der Waals surface area contributed by atoms with Crippen LogP contribution in [0, 0.1) is 0 Å². The number of aromatic nitrogens is 1. The number of anilines is 1. The van der Waals surface area contributed by atoms with Gasteiger partial charge in [-0.2, -0.15) is 0 Å². The minimum atomic E-state index is -0.300. The second-order valence-corrected chi connectivity index (χ2v) is 5.84. The number of aromatic amines is 1. The van der Waals surface area contributed by atoms with Crippen molar-refractivity contribution in [2.75, 3.05) is 18.5 Å². The molecule has 0 atom stereocenters. The largest absolute Gasteiger partial charge is 0.448 e. The van der Waals surface area contributed by atoms with Crippen molar-refractivity contribution >= 4 is 33.6 Å². The number of rotatable bonds is 4. The maximum atomic E-state index is 12.1. The molecule has 3 rings (SSSR count). The molecule has 6 nitrogen and oxygen atoms in total. The van der Waals surface area contributed by atoms with Crippen LogP contribution in [-0.4, -0.2) is 35.0 Å². The summed E-state index contributed by atoms with van der Waals surface area (Å²) >= 11 is 3.29. The minimum Gasteiger partial charge on any atom is -0.448 e. The van der Waals surface area contributed by atoms with Crippen LogP contribution in [0.3, 0.4) is 0 Å². The van der Waals surface area contributed by atoms with Crippen molar-refractivity contribution in [2.45, 2.75) is 6.54 Å². The summed E-state index contributed by atoms with van der Waals surface area (Å²) in [5, 5.41) is 2.82. The van der Waals surface area contributed by atoms with Gasteiger partial charge in [-0.15, -0.1) is 0 Å². The molecule has 2 N–H and O–H groups in total. The molecule has 0 unspecified atom stereocenters. The van der Waals surface area contributed by atoms with E-state index < -0.39 is 0 Å². The van der Waals surface area contributed by atoms with Crippen LogP contribution in [0.15, 0.2) is 41.0 Å². The average molecular weight is 364 g/mol. The molecule has 0 saturated carbocycles. The molecule has 1 aliphatic heterocycles. The molecule has 0 radical (unpaired) electrons. The number of ether oxygens (including phenoxy) is 1. The van der Waals surface area contributed by atoms with E-state index in [1.807, 2.05) is 24.3 Å². The van der Waals surface area contributed by atoms with Gasteiger partial charge in [0.05, 0.1) is 6.54 Å². The van der Waals surface area contributed by atoms with Gasteiger partial charge in [0.15, 0.2) is 0 Å². The Hall–Kier alpha value is -2.28. The summed E-state index contributed by atoms with van der Waals surface area (Å²) in [5.74, 6) is -0.219. The second kappa shape index (κ2) is 6.23. The van der Waals surface area contributed by atoms with E-state index in [1.165, 1.54) is 0 Å². The molecule has 0 aliphatic carbocycles. The van der Waals surface area contributed by atoms with Crippen molar-refractivity contribution in [3.63, 3.8) is 0 Å². The Balaban J connectivity index is 1.68. The van der Waals surface area contributed by atoms with Gasteiger partial charge in [0.25, 0.3) is 5.91 Å². The number of halogens is 1. The first kappa shape index (κ1) is 14.6. The van der Waals surface area contributed by atoms with Gasteiger partial charge in [-0.1, -0.05) is 12.1 Å². The first-order valence-corrected chi connectivity index (χ1v) is 7.57. The molecule has 0 spiro atoms. The quantitative estimate of drug-likeness (QED) is 0.876. The predicted octanol–water partition coefficient (Wildman–Crippen LogP) is 2.98. The summed E-state index contributed by atoms with van der Waals surface area (Å²) in [5.41, 5.74) is 2.09. The number of benzene rings is 1. The Morgan fingerprint density at radius 2 is 2.27 bits per heavy atom. The number of cyclic esters (lactones) is 1. The van der Waals surface area contributed by atoms with Gasteiger partial charge in [-0.25, -0.2) is 4.79 Å². The highest BCUT2D eigenvalue weighted by Gasteiger charge is 2.21. The molecule has 1 aliphatic rings. The zero-order valence-electron chi connectivity index (χ0n) is 11.6. The molecule has 7 heteroatoms. The highest BCUT2D eigenvalue weighted by atomic mass is 79.9. The Morgan fingerprint density at radius 1 is 1.41 bits per heavy atom. The molecule has 1 aromatic heterocycles. The van der Waals surface area contributed by atoms with E-state index in [0.717, 1.165) is 10.0 Å². The van der Waals surface area contributed by atoms with Gasteiger partial charge >= 0.3 is 6.09 Å². The van der Waals surface area contributed by atoms with Gasteiger partial charge in [0, 0.05) is 22.9 Å². The molecule has 2 heterocycles. The van der Waals surface area contributed by atoms with Crippen LogP contribution in [0.25, 0.3) is 0 Å². The van der Waals surface area contributed by atoms with Gasteiger partial charge < -0.3 is 19.9 Å². The van der Waals surface area contributed by atoms with Gasteiger partial charge in [-0.05, 0) is 39.7 Å². The number of nitrogens with zero attached hydrogens (tertiary/aromatic N) is 1. The zero-order valence-corrected chi connectivity index (χ0v) is 13.2. The monoisotopic (exact) mass is 363 g/mol. The number of H-pyrrole nitrogens is 1. The number of amides is 2. The van der Waals surface area contributed by atoms with Crippen molar-refractivity contribution < 1.29 is 14.3 Å². The van der Waals surface area contributed by atoms with Crippen LogP contribution in [-0.2, 0) is 11.3 Å². The van der Waals surface area contributed by atoms with E-state index in [-0.39, 0.29) is 12.0 Å². The van der Waals surface area contributed by atoms with Crippen molar-refractivity contribution in [1.29, 1.82) is 0 Å². The van der Waals surface area contributed by atoms with Crippen molar-refractivity contribution in [2.24, 2.45) is 0 Å². The first-order valence-electron chi connectivity index (χ1n) is 6.78. The van der Waals surface area contributed by atoms with E-state index in [0.29, 0.717) is 31.1 Å². The lowest BCUT2D eigenvalue weighted by Gasteiger charge is -2.13. The lowest BCUT2D eigenvalue weighted by atomic mass is 10.2. The van der Waals surface area contributed by atoms with Gasteiger partial charge in [0.1, 0.15) is 12.3 Å². The maximum Gasteiger partial charge on any atom is 0.410 e. The third-order valence-corrected chi connectivity index (χ3v) is 3.75. The van der Waals surface area contributed by atoms with Crippen molar-refractivity contribution in [1.82, 2.24) is 9.88 Å². The smallest absolute Gasteiger partial charge is 0.410 e. The lowest BCUT2D eigenvalue weighted by Crippen LogP contribution is -2.23. The van der Waals surface area contributed by atoms with Crippen molar-refractivity contribution in [3.8, 4) is 0 Å². The number of hydrogen-bond donors (Lipinski definition) is 2. The Labute approximate surface area is 135 Å². The molecular weight excluding hydrogens is 350 g/mol. The number of carbonyl (C=O) groups is 2. The highest BCUT2D eigenvalue weighted by Crippen LogP contribution is 2.17. The van der Waals surface area contributed by atoms with E-state index in [9.17, 15) is 9.59 Å². The molecular formula is C15H14BrN3O3. The second-order valence-electron chi connectivity index (χ2n) is 4.92. The molecule has 2 amide bonds. The fraction of sp³-hybridized carbons (Fsp3) is 0.200.